The molecule has 52 heavy (non-hydrogen) atoms. The first kappa shape index (κ1) is 33.4. The third-order valence-electron chi connectivity index (χ3n) is 16.0. The zero-order chi connectivity index (χ0) is 35.0. The largest absolute Gasteiger partial charge is 0.346 e. The maximum Gasteiger partial charge on any atom is 0.125 e. The van der Waals surface area contributed by atoms with E-state index < -0.39 is 6.17 Å². The van der Waals surface area contributed by atoms with Crippen LogP contribution in [0.4, 0.5) is 4.39 Å². The van der Waals surface area contributed by atoms with E-state index in [1.54, 1.807) is 39.3 Å². The molecule has 272 valence electrons. The van der Waals surface area contributed by atoms with Gasteiger partial charge in [-0.15, -0.1) is 0 Å². The lowest BCUT2D eigenvalue weighted by molar-refractivity contribution is 0.107. The number of rotatable bonds is 5. The van der Waals surface area contributed by atoms with Crippen LogP contribution >= 0.6 is 0 Å². The molecule has 8 atom stereocenters. The number of allylic oxidation sites excluding steroid dienone is 21. The molecular weight excluding hydrogens is 634 g/mol. The molecule has 0 radical (unpaired) electrons. The van der Waals surface area contributed by atoms with Gasteiger partial charge in [0, 0.05) is 35.2 Å². The van der Waals surface area contributed by atoms with Crippen molar-refractivity contribution in [1.29, 1.82) is 0 Å². The van der Waals surface area contributed by atoms with Gasteiger partial charge in [-0.1, -0.05) is 109 Å². The fourth-order valence-corrected chi connectivity index (χ4v) is 13.9. The smallest absolute Gasteiger partial charge is 0.125 e. The van der Waals surface area contributed by atoms with Gasteiger partial charge in [-0.25, -0.2) is 4.39 Å². The molecule has 1 nitrogen and oxygen atoms in total. The molecule has 0 aromatic heterocycles. The maximum atomic E-state index is 15.7. The molecule has 0 fully saturated rings. The highest BCUT2D eigenvalue weighted by molar-refractivity contribution is 5.61. The monoisotopic (exact) mass is 693 g/mol. The summed E-state index contributed by atoms with van der Waals surface area (Å²) >= 11 is 0. The van der Waals surface area contributed by atoms with Crippen molar-refractivity contribution >= 4 is 0 Å². The van der Waals surface area contributed by atoms with Crippen LogP contribution in [0.25, 0.3) is 0 Å². The Morgan fingerprint density at radius 2 is 1.65 bits per heavy atom. The molecule has 8 unspecified atom stereocenters. The lowest BCUT2D eigenvalue weighted by atomic mass is 9.53. The van der Waals surface area contributed by atoms with E-state index in [4.69, 9.17) is 0 Å². The van der Waals surface area contributed by atoms with Crippen molar-refractivity contribution in [3.05, 3.63) is 129 Å². The summed E-state index contributed by atoms with van der Waals surface area (Å²) in [6, 6.07) is 0.513. The Morgan fingerprint density at radius 1 is 0.731 bits per heavy atom. The fourth-order valence-electron chi connectivity index (χ4n) is 13.9. The van der Waals surface area contributed by atoms with Gasteiger partial charge in [-0.2, -0.15) is 0 Å². The van der Waals surface area contributed by atoms with E-state index >= 15 is 4.39 Å². The number of halogens is 1. The Morgan fingerprint density at radius 3 is 2.48 bits per heavy atom. The predicted molar refractivity (Wildman–Crippen MR) is 214 cm³/mol. The zero-order valence-electron chi connectivity index (χ0n) is 31.9. The van der Waals surface area contributed by atoms with Crippen molar-refractivity contribution in [3.63, 3.8) is 0 Å². The summed E-state index contributed by atoms with van der Waals surface area (Å²) in [4.78, 5) is 2.94. The summed E-state index contributed by atoms with van der Waals surface area (Å²) in [5, 5.41) is 0. The van der Waals surface area contributed by atoms with E-state index in [-0.39, 0.29) is 10.8 Å². The third kappa shape index (κ3) is 4.97. The molecule has 0 amide bonds. The quantitative estimate of drug-likeness (QED) is 0.259. The Labute approximate surface area is 313 Å². The number of nitrogens with zero attached hydrogens (tertiary/aromatic N) is 1. The number of alkyl halides is 1. The zero-order valence-corrected chi connectivity index (χ0v) is 31.9. The van der Waals surface area contributed by atoms with E-state index in [0.29, 0.717) is 42.1 Å². The Balaban J connectivity index is 1.09. The van der Waals surface area contributed by atoms with Crippen molar-refractivity contribution in [1.82, 2.24) is 4.90 Å². The van der Waals surface area contributed by atoms with Crippen molar-refractivity contribution in [3.8, 4) is 0 Å². The second kappa shape index (κ2) is 13.0. The van der Waals surface area contributed by atoms with E-state index in [2.05, 4.69) is 97.7 Å². The highest BCUT2D eigenvalue weighted by atomic mass is 19.1. The number of hydrogen-bond acceptors (Lipinski definition) is 1. The minimum Gasteiger partial charge on any atom is -0.346 e. The Kier molecular flexibility index (Phi) is 8.37. The summed E-state index contributed by atoms with van der Waals surface area (Å²) < 4.78 is 15.7. The van der Waals surface area contributed by atoms with Crippen LogP contribution in [0.5, 0.6) is 0 Å². The van der Waals surface area contributed by atoms with Gasteiger partial charge in [-0.3, -0.25) is 0 Å². The summed E-state index contributed by atoms with van der Waals surface area (Å²) in [5.41, 5.74) is 14.6. The molecule has 0 aliphatic heterocycles. The van der Waals surface area contributed by atoms with Gasteiger partial charge < -0.3 is 4.90 Å². The van der Waals surface area contributed by atoms with E-state index in [0.717, 1.165) is 44.1 Å². The second-order valence-corrected chi connectivity index (χ2v) is 18.5. The molecule has 0 saturated heterocycles. The van der Waals surface area contributed by atoms with Gasteiger partial charge in [0.15, 0.2) is 0 Å². The van der Waals surface area contributed by atoms with Gasteiger partial charge in [0.05, 0.1) is 0 Å². The van der Waals surface area contributed by atoms with Crippen molar-refractivity contribution < 1.29 is 4.39 Å². The van der Waals surface area contributed by atoms with Crippen molar-refractivity contribution in [2.45, 2.75) is 135 Å². The molecule has 10 rings (SSSR count). The maximum absolute atomic E-state index is 15.7. The molecule has 0 bridgehead atoms. The highest BCUT2D eigenvalue weighted by Gasteiger charge is 2.60. The Bertz CT molecular complexity index is 1860. The summed E-state index contributed by atoms with van der Waals surface area (Å²) in [6.07, 6.45) is 50.6. The van der Waals surface area contributed by atoms with Crippen molar-refractivity contribution in [2.75, 3.05) is 0 Å². The predicted octanol–water partition coefficient (Wildman–Crippen LogP) is 13.2. The molecule has 0 aromatic rings. The summed E-state index contributed by atoms with van der Waals surface area (Å²) in [7, 11) is 0. The molecule has 0 N–H and O–H groups in total. The first-order valence-corrected chi connectivity index (χ1v) is 21.5. The van der Waals surface area contributed by atoms with E-state index in [1.807, 2.05) is 0 Å². The van der Waals surface area contributed by atoms with E-state index in [1.165, 1.54) is 69.8 Å². The third-order valence-corrected chi connectivity index (χ3v) is 16.0. The van der Waals surface area contributed by atoms with Crippen LogP contribution in [0.2, 0.25) is 0 Å². The minimum absolute atomic E-state index is 0.108. The van der Waals surface area contributed by atoms with Gasteiger partial charge in [0.25, 0.3) is 0 Å². The number of fused-ring (bicyclic) bond motifs is 5. The van der Waals surface area contributed by atoms with E-state index in [9.17, 15) is 0 Å². The normalized spacial score (nSPS) is 38.7. The molecular formula is C50H60FN. The summed E-state index contributed by atoms with van der Waals surface area (Å²) in [6.45, 7) is 5.08. The van der Waals surface area contributed by atoms with Gasteiger partial charge in [-0.05, 0) is 155 Å². The standard InChI is InChI=1S/C50H60FN/c1-49(2)43-23-13-12-21-38(43)39-27-25-36(31-45(39)49)52(35-19-10-5-11-20-35)37-26-28-42-46(32-37)50(33-15-6-3-7-16-33,34-17-8-4-9-18-34)44-30-29-40-41(48(42)44)22-14-24-47(40)51/h3,5-6,10,12-14,17,19,21-23,26,33,36,38,42-43,46-47H,4,7-9,11,15-16,18,20,24-25,27-32H2,1-2H3. The SMILES string of the molecule is CC1(C)C2=C(CCC(N(C3=CC=CCC3)C3=CCC4C5=C(CCC6=C5C=CCC6F)C(C5=CCCCC5)(C5CC=CCC5)C4C3)C2)C2C=CC=CC21. The highest BCUT2D eigenvalue weighted by Crippen LogP contribution is 2.70. The fraction of sp³-hybridized carbons (Fsp3) is 0.560. The molecule has 0 saturated carbocycles. The minimum atomic E-state index is -0.800. The average Bonchev–Trinajstić information content (AvgIpc) is 3.62. The first-order chi connectivity index (χ1) is 25.5. The van der Waals surface area contributed by atoms with Crippen LogP contribution in [0.15, 0.2) is 129 Å². The van der Waals surface area contributed by atoms with Crippen molar-refractivity contribution in [2.24, 2.45) is 40.4 Å². The van der Waals surface area contributed by atoms with Crippen LogP contribution in [0, 0.1) is 40.4 Å². The first-order valence-electron chi connectivity index (χ1n) is 21.5. The molecule has 0 spiro atoms. The average molecular weight is 694 g/mol. The number of hydrogen-bond donors (Lipinski definition) is 0. The molecule has 0 heterocycles. The second-order valence-electron chi connectivity index (χ2n) is 18.5. The Hall–Kier alpha value is -3.13. The lowest BCUT2D eigenvalue weighted by Gasteiger charge is -2.52. The van der Waals surface area contributed by atoms with Crippen LogP contribution < -0.4 is 0 Å². The van der Waals surface area contributed by atoms with Crippen LogP contribution in [0.1, 0.15) is 123 Å². The van der Waals surface area contributed by atoms with Gasteiger partial charge >= 0.3 is 0 Å². The molecule has 10 aliphatic carbocycles. The van der Waals surface area contributed by atoms with Crippen LogP contribution in [0.3, 0.4) is 0 Å². The van der Waals surface area contributed by atoms with Crippen LogP contribution in [-0.2, 0) is 0 Å². The van der Waals surface area contributed by atoms with Gasteiger partial charge in [0.1, 0.15) is 6.17 Å². The molecule has 10 aliphatic rings. The lowest BCUT2D eigenvalue weighted by Crippen LogP contribution is -2.45. The molecule has 2 heteroatoms. The molecule has 0 aromatic carbocycles. The topological polar surface area (TPSA) is 3.24 Å². The van der Waals surface area contributed by atoms with Gasteiger partial charge in [0.2, 0.25) is 0 Å². The van der Waals surface area contributed by atoms with Crippen LogP contribution in [-0.4, -0.2) is 17.1 Å². The summed E-state index contributed by atoms with van der Waals surface area (Å²) in [5.74, 6) is 2.89.